The van der Waals surface area contributed by atoms with Gasteiger partial charge in [-0.3, -0.25) is 4.79 Å². The van der Waals surface area contributed by atoms with Gasteiger partial charge in [-0.05, 0) is 25.0 Å². The molecule has 0 amide bonds. The minimum absolute atomic E-state index is 0.0775. The minimum Gasteiger partial charge on any atom is -0.319 e. The molecule has 3 rings (SSSR count). The van der Waals surface area contributed by atoms with Crippen molar-refractivity contribution in [2.75, 3.05) is 0 Å². The average molecular weight is 228 g/mol. The molecule has 0 atom stereocenters. The highest BCUT2D eigenvalue weighted by Gasteiger charge is 2.47. The first-order valence-electron chi connectivity index (χ1n) is 5.50. The third kappa shape index (κ3) is 1.64. The van der Waals surface area contributed by atoms with Gasteiger partial charge in [0, 0.05) is 0 Å². The van der Waals surface area contributed by atoms with Crippen LogP contribution in [0.1, 0.15) is 23.3 Å². The van der Waals surface area contributed by atoms with Crippen LogP contribution in [0.2, 0.25) is 0 Å². The maximum atomic E-state index is 12.2. The Morgan fingerprint density at radius 3 is 2.65 bits per heavy atom. The van der Waals surface area contributed by atoms with Gasteiger partial charge in [-0.25, -0.2) is 4.68 Å². The van der Waals surface area contributed by atoms with Crippen molar-refractivity contribution in [2.24, 2.45) is 5.73 Å². The molecule has 1 aliphatic carbocycles. The van der Waals surface area contributed by atoms with E-state index in [9.17, 15) is 4.79 Å². The number of nitrogens with two attached hydrogens (primary N) is 1. The molecule has 2 N–H and O–H groups in total. The molecule has 0 radical (unpaired) electrons. The number of Topliss-reactive ketones (excluding diaryl/α,β-unsaturated/α-hetero) is 1. The van der Waals surface area contributed by atoms with Crippen LogP contribution in [0.4, 0.5) is 0 Å². The zero-order valence-electron chi connectivity index (χ0n) is 9.21. The number of hydrogen-bond donors (Lipinski definition) is 1. The Hall–Kier alpha value is -2.01. The van der Waals surface area contributed by atoms with Crippen LogP contribution in [0.5, 0.6) is 0 Å². The number of aromatic nitrogens is 3. The molecule has 5 nitrogen and oxygen atoms in total. The predicted octanol–water partition coefficient (Wildman–Crippen LogP) is 0.941. The van der Waals surface area contributed by atoms with Crippen LogP contribution < -0.4 is 5.73 Å². The fraction of sp³-hybridized carbons (Fsp3) is 0.250. The maximum absolute atomic E-state index is 12.2. The van der Waals surface area contributed by atoms with Crippen molar-refractivity contribution in [1.29, 1.82) is 0 Å². The lowest BCUT2D eigenvalue weighted by molar-refractivity contribution is 0.0941. The number of carbonyl (C=O) groups is 1. The molecule has 1 saturated carbocycles. The molecule has 1 heterocycles. The summed E-state index contributed by atoms with van der Waals surface area (Å²) in [7, 11) is 0. The number of benzene rings is 1. The molecular weight excluding hydrogens is 216 g/mol. The molecule has 1 fully saturated rings. The van der Waals surface area contributed by atoms with Gasteiger partial charge in [0.2, 0.25) is 5.78 Å². The van der Waals surface area contributed by atoms with Gasteiger partial charge in [0.25, 0.3) is 0 Å². The van der Waals surface area contributed by atoms with Gasteiger partial charge >= 0.3 is 0 Å². The van der Waals surface area contributed by atoms with E-state index in [-0.39, 0.29) is 5.78 Å². The number of nitrogens with zero attached hydrogens (tertiary/aromatic N) is 3. The van der Waals surface area contributed by atoms with E-state index in [1.165, 1.54) is 10.9 Å². The second kappa shape index (κ2) is 3.49. The third-order valence-corrected chi connectivity index (χ3v) is 3.02. The number of hydrogen-bond acceptors (Lipinski definition) is 4. The summed E-state index contributed by atoms with van der Waals surface area (Å²) in [6.07, 6.45) is 2.96. The number of carbonyl (C=O) groups excluding carboxylic acids is 1. The smallest absolute Gasteiger partial charge is 0.202 e. The van der Waals surface area contributed by atoms with E-state index in [0.717, 1.165) is 18.5 Å². The molecule has 86 valence electrons. The quantitative estimate of drug-likeness (QED) is 0.793. The van der Waals surface area contributed by atoms with Gasteiger partial charge in [0.05, 0.1) is 17.4 Å². The van der Waals surface area contributed by atoms with E-state index < -0.39 is 5.54 Å². The molecule has 0 spiro atoms. The lowest BCUT2D eigenvalue weighted by Crippen LogP contribution is -2.34. The first-order valence-corrected chi connectivity index (χ1v) is 5.50. The number of para-hydroxylation sites is 1. The Labute approximate surface area is 98.2 Å². The molecular formula is C12H12N4O. The van der Waals surface area contributed by atoms with Crippen LogP contribution in [0, 0.1) is 0 Å². The number of rotatable bonds is 3. The summed E-state index contributed by atoms with van der Waals surface area (Å²) in [6.45, 7) is 0. The summed E-state index contributed by atoms with van der Waals surface area (Å²) in [6, 6.07) is 9.44. The first-order chi connectivity index (χ1) is 8.21. The van der Waals surface area contributed by atoms with Gasteiger partial charge in [-0.1, -0.05) is 23.4 Å². The average Bonchev–Trinajstić information content (AvgIpc) is 2.95. The van der Waals surface area contributed by atoms with E-state index in [1.54, 1.807) is 0 Å². The van der Waals surface area contributed by atoms with E-state index >= 15 is 0 Å². The van der Waals surface area contributed by atoms with E-state index in [2.05, 4.69) is 10.3 Å². The van der Waals surface area contributed by atoms with E-state index in [4.69, 9.17) is 5.73 Å². The monoisotopic (exact) mass is 228 g/mol. The highest BCUT2D eigenvalue weighted by molar-refractivity contribution is 6.03. The Morgan fingerprint density at radius 2 is 2.00 bits per heavy atom. The topological polar surface area (TPSA) is 73.8 Å². The van der Waals surface area contributed by atoms with Crippen molar-refractivity contribution < 1.29 is 4.79 Å². The summed E-state index contributed by atoms with van der Waals surface area (Å²) in [5, 5.41) is 7.74. The fourth-order valence-corrected chi connectivity index (χ4v) is 1.77. The Bertz CT molecular complexity index is 557. The second-order valence-corrected chi connectivity index (χ2v) is 4.35. The highest BCUT2D eigenvalue weighted by Crippen LogP contribution is 2.35. The molecule has 1 aromatic heterocycles. The predicted molar refractivity (Wildman–Crippen MR) is 61.8 cm³/mol. The Morgan fingerprint density at radius 1 is 1.29 bits per heavy atom. The summed E-state index contributed by atoms with van der Waals surface area (Å²) < 4.78 is 1.54. The fourth-order valence-electron chi connectivity index (χ4n) is 1.77. The molecule has 17 heavy (non-hydrogen) atoms. The van der Waals surface area contributed by atoms with Crippen molar-refractivity contribution in [3.8, 4) is 5.69 Å². The van der Waals surface area contributed by atoms with Crippen LogP contribution in [0.15, 0.2) is 36.5 Å². The third-order valence-electron chi connectivity index (χ3n) is 3.02. The molecule has 5 heteroatoms. The normalized spacial score (nSPS) is 16.8. The summed E-state index contributed by atoms with van der Waals surface area (Å²) in [5.74, 6) is -0.0775. The van der Waals surface area contributed by atoms with Crippen molar-refractivity contribution in [1.82, 2.24) is 15.0 Å². The maximum Gasteiger partial charge on any atom is 0.202 e. The zero-order chi connectivity index (χ0) is 11.9. The minimum atomic E-state index is -0.686. The zero-order valence-corrected chi connectivity index (χ0v) is 9.21. The van der Waals surface area contributed by atoms with Gasteiger partial charge in [-0.15, -0.1) is 5.10 Å². The molecule has 2 aromatic rings. The van der Waals surface area contributed by atoms with Crippen LogP contribution in [-0.4, -0.2) is 26.3 Å². The molecule has 0 aliphatic heterocycles. The van der Waals surface area contributed by atoms with Crippen LogP contribution in [-0.2, 0) is 0 Å². The van der Waals surface area contributed by atoms with Gasteiger partial charge in [0.1, 0.15) is 5.69 Å². The SMILES string of the molecule is NC1(C(=O)c2cnnn2-c2ccccc2)CC1. The Balaban J connectivity index is 2.03. The summed E-state index contributed by atoms with van der Waals surface area (Å²) >= 11 is 0. The number of ketones is 1. The first kappa shape index (κ1) is 10.2. The van der Waals surface area contributed by atoms with Crippen LogP contribution in [0.3, 0.4) is 0 Å². The lowest BCUT2D eigenvalue weighted by Gasteiger charge is -2.08. The van der Waals surface area contributed by atoms with E-state index in [0.29, 0.717) is 5.69 Å². The molecule has 0 unspecified atom stereocenters. The van der Waals surface area contributed by atoms with Crippen molar-refractivity contribution in [3.05, 3.63) is 42.2 Å². The van der Waals surface area contributed by atoms with E-state index in [1.807, 2.05) is 30.3 Å². The summed E-state index contributed by atoms with van der Waals surface area (Å²) in [4.78, 5) is 12.2. The van der Waals surface area contributed by atoms with Gasteiger partial charge < -0.3 is 5.73 Å². The Kier molecular flexibility index (Phi) is 2.09. The molecule has 1 aromatic carbocycles. The van der Waals surface area contributed by atoms with Crippen LogP contribution in [0.25, 0.3) is 5.69 Å². The van der Waals surface area contributed by atoms with Gasteiger partial charge in [0.15, 0.2) is 0 Å². The largest absolute Gasteiger partial charge is 0.319 e. The highest BCUT2D eigenvalue weighted by atomic mass is 16.1. The van der Waals surface area contributed by atoms with Crippen molar-refractivity contribution in [3.63, 3.8) is 0 Å². The van der Waals surface area contributed by atoms with Crippen LogP contribution >= 0.6 is 0 Å². The molecule has 0 bridgehead atoms. The van der Waals surface area contributed by atoms with Crippen molar-refractivity contribution >= 4 is 5.78 Å². The molecule has 0 saturated heterocycles. The lowest BCUT2D eigenvalue weighted by atomic mass is 10.1. The van der Waals surface area contributed by atoms with Gasteiger partial charge in [-0.2, -0.15) is 0 Å². The second-order valence-electron chi connectivity index (χ2n) is 4.35. The van der Waals surface area contributed by atoms with Crippen molar-refractivity contribution in [2.45, 2.75) is 18.4 Å². The molecule has 1 aliphatic rings. The summed E-state index contributed by atoms with van der Waals surface area (Å²) in [5.41, 5.74) is 6.50. The standard InChI is InChI=1S/C12H12N4O/c13-12(6-7-12)11(17)10-8-14-15-16(10)9-4-2-1-3-5-9/h1-5,8H,6-7,13H2.